The first kappa shape index (κ1) is 10.6. The molecule has 76 valence electrons. The lowest BCUT2D eigenvalue weighted by Crippen LogP contribution is -2.25. The lowest BCUT2D eigenvalue weighted by molar-refractivity contribution is -0.139. The van der Waals surface area contributed by atoms with Crippen LogP contribution in [0.15, 0.2) is 0 Å². The van der Waals surface area contributed by atoms with Gasteiger partial charge in [-0.15, -0.1) is 0 Å². The maximum Gasteiger partial charge on any atom is 0.303 e. The van der Waals surface area contributed by atoms with E-state index in [4.69, 9.17) is 5.11 Å². The van der Waals surface area contributed by atoms with Gasteiger partial charge in [0.05, 0.1) is 0 Å². The van der Waals surface area contributed by atoms with Crippen LogP contribution in [-0.2, 0) is 4.79 Å². The highest BCUT2D eigenvalue weighted by molar-refractivity contribution is 5.67. The maximum absolute atomic E-state index is 10.7. The van der Waals surface area contributed by atoms with Crippen molar-refractivity contribution in [1.29, 1.82) is 0 Å². The predicted molar refractivity (Wildman–Crippen MR) is 52.6 cm³/mol. The molecule has 0 aromatic heterocycles. The molecular weight excluding hydrogens is 164 g/mol. The molecule has 1 saturated carbocycles. The molecule has 1 aliphatic rings. The lowest BCUT2D eigenvalue weighted by atomic mass is 9.74. The SMILES string of the molecule is CC1(C)CCCCCC1CC(=O)O. The predicted octanol–water partition coefficient (Wildman–Crippen LogP) is 3.07. The molecule has 1 N–H and O–H groups in total. The Kier molecular flexibility index (Phi) is 3.34. The summed E-state index contributed by atoms with van der Waals surface area (Å²) in [6.45, 7) is 4.43. The van der Waals surface area contributed by atoms with Gasteiger partial charge >= 0.3 is 5.97 Å². The first-order valence-electron chi connectivity index (χ1n) is 5.24. The second kappa shape index (κ2) is 4.12. The zero-order valence-corrected chi connectivity index (χ0v) is 8.68. The number of carbonyl (C=O) groups is 1. The van der Waals surface area contributed by atoms with Crippen LogP contribution >= 0.6 is 0 Å². The van der Waals surface area contributed by atoms with Crippen LogP contribution in [0.25, 0.3) is 0 Å². The van der Waals surface area contributed by atoms with Crippen LogP contribution in [0.2, 0.25) is 0 Å². The van der Waals surface area contributed by atoms with Crippen molar-refractivity contribution in [2.24, 2.45) is 11.3 Å². The van der Waals surface area contributed by atoms with Gasteiger partial charge in [-0.3, -0.25) is 4.79 Å². The molecule has 13 heavy (non-hydrogen) atoms. The summed E-state index contributed by atoms with van der Waals surface area (Å²) < 4.78 is 0. The number of hydrogen-bond acceptors (Lipinski definition) is 1. The highest BCUT2D eigenvalue weighted by atomic mass is 16.4. The molecular formula is C11H20O2. The zero-order valence-electron chi connectivity index (χ0n) is 8.68. The van der Waals surface area contributed by atoms with Crippen molar-refractivity contribution >= 4 is 5.97 Å². The molecule has 1 rings (SSSR count). The average Bonchev–Trinajstić information content (AvgIpc) is 2.13. The standard InChI is InChI=1S/C11H20O2/c1-11(2)7-5-3-4-6-9(11)8-10(12)13/h9H,3-8H2,1-2H3,(H,12,13). The molecule has 0 radical (unpaired) electrons. The molecule has 0 heterocycles. The molecule has 0 aromatic carbocycles. The van der Waals surface area contributed by atoms with E-state index in [1.807, 2.05) is 0 Å². The van der Waals surface area contributed by atoms with Gasteiger partial charge in [0.25, 0.3) is 0 Å². The fourth-order valence-electron chi connectivity index (χ4n) is 2.33. The highest BCUT2D eigenvalue weighted by Crippen LogP contribution is 2.40. The minimum Gasteiger partial charge on any atom is -0.481 e. The first-order chi connectivity index (χ1) is 6.02. The summed E-state index contributed by atoms with van der Waals surface area (Å²) in [6.07, 6.45) is 6.39. The fraction of sp³-hybridized carbons (Fsp3) is 0.909. The zero-order chi connectivity index (χ0) is 9.90. The second-order valence-corrected chi connectivity index (χ2v) is 4.88. The van der Waals surface area contributed by atoms with Gasteiger partial charge in [0.15, 0.2) is 0 Å². The Morgan fingerprint density at radius 2 is 2.08 bits per heavy atom. The van der Waals surface area contributed by atoms with E-state index in [1.54, 1.807) is 0 Å². The minimum atomic E-state index is -0.639. The van der Waals surface area contributed by atoms with Crippen molar-refractivity contribution in [3.05, 3.63) is 0 Å². The Bertz CT molecular complexity index is 185. The van der Waals surface area contributed by atoms with E-state index < -0.39 is 5.97 Å². The monoisotopic (exact) mass is 184 g/mol. The Balaban J connectivity index is 2.60. The molecule has 1 atom stereocenters. The number of carboxylic acids is 1. The Morgan fingerprint density at radius 1 is 1.38 bits per heavy atom. The van der Waals surface area contributed by atoms with Gasteiger partial charge in [-0.2, -0.15) is 0 Å². The third-order valence-electron chi connectivity index (χ3n) is 3.40. The van der Waals surface area contributed by atoms with Gasteiger partial charge in [-0.1, -0.05) is 33.1 Å². The maximum atomic E-state index is 10.7. The molecule has 0 aromatic rings. The summed E-state index contributed by atoms with van der Waals surface area (Å²) in [5.41, 5.74) is 0.231. The van der Waals surface area contributed by atoms with Gasteiger partial charge in [0.1, 0.15) is 0 Å². The summed E-state index contributed by atoms with van der Waals surface area (Å²) in [6, 6.07) is 0. The first-order valence-corrected chi connectivity index (χ1v) is 5.24. The van der Waals surface area contributed by atoms with Crippen LogP contribution in [0.5, 0.6) is 0 Å². The van der Waals surface area contributed by atoms with Crippen molar-refractivity contribution in [2.75, 3.05) is 0 Å². The van der Waals surface area contributed by atoms with E-state index in [-0.39, 0.29) is 5.41 Å². The number of hydrogen-bond donors (Lipinski definition) is 1. The minimum absolute atomic E-state index is 0.231. The largest absolute Gasteiger partial charge is 0.481 e. The second-order valence-electron chi connectivity index (χ2n) is 4.88. The van der Waals surface area contributed by atoms with Gasteiger partial charge < -0.3 is 5.11 Å². The third kappa shape index (κ3) is 3.02. The molecule has 0 amide bonds. The van der Waals surface area contributed by atoms with Crippen molar-refractivity contribution < 1.29 is 9.90 Å². The molecule has 2 nitrogen and oxygen atoms in total. The van der Waals surface area contributed by atoms with Crippen LogP contribution in [0.3, 0.4) is 0 Å². The van der Waals surface area contributed by atoms with E-state index in [2.05, 4.69) is 13.8 Å². The molecule has 1 fully saturated rings. The summed E-state index contributed by atoms with van der Waals surface area (Å²) >= 11 is 0. The number of rotatable bonds is 2. The lowest BCUT2D eigenvalue weighted by Gasteiger charge is -2.31. The topological polar surface area (TPSA) is 37.3 Å². The smallest absolute Gasteiger partial charge is 0.303 e. The molecule has 2 heteroatoms. The third-order valence-corrected chi connectivity index (χ3v) is 3.40. The average molecular weight is 184 g/mol. The summed E-state index contributed by atoms with van der Waals surface area (Å²) in [5.74, 6) is -0.257. The molecule has 0 saturated heterocycles. The molecule has 1 unspecified atom stereocenters. The van der Waals surface area contributed by atoms with E-state index in [0.717, 1.165) is 6.42 Å². The van der Waals surface area contributed by atoms with Gasteiger partial charge in [0, 0.05) is 6.42 Å². The number of carboxylic acid groups (broad SMARTS) is 1. The summed E-state index contributed by atoms with van der Waals surface area (Å²) in [5, 5.41) is 8.79. The fourth-order valence-corrected chi connectivity index (χ4v) is 2.33. The Labute approximate surface area is 80.3 Å². The van der Waals surface area contributed by atoms with Crippen molar-refractivity contribution in [3.8, 4) is 0 Å². The van der Waals surface area contributed by atoms with Crippen molar-refractivity contribution in [2.45, 2.75) is 52.4 Å². The quantitative estimate of drug-likeness (QED) is 0.670. The van der Waals surface area contributed by atoms with Crippen LogP contribution in [0.1, 0.15) is 52.4 Å². The van der Waals surface area contributed by atoms with E-state index >= 15 is 0 Å². The van der Waals surface area contributed by atoms with E-state index in [1.165, 1.54) is 25.7 Å². The van der Waals surface area contributed by atoms with Crippen LogP contribution < -0.4 is 0 Å². The van der Waals surface area contributed by atoms with Crippen LogP contribution in [0.4, 0.5) is 0 Å². The number of aliphatic carboxylic acids is 1. The van der Waals surface area contributed by atoms with Crippen LogP contribution in [-0.4, -0.2) is 11.1 Å². The highest BCUT2D eigenvalue weighted by Gasteiger charge is 2.31. The Hall–Kier alpha value is -0.530. The normalized spacial score (nSPS) is 28.0. The van der Waals surface area contributed by atoms with E-state index in [0.29, 0.717) is 12.3 Å². The van der Waals surface area contributed by atoms with Gasteiger partial charge in [0.2, 0.25) is 0 Å². The molecule has 1 aliphatic carbocycles. The molecule has 0 aliphatic heterocycles. The van der Waals surface area contributed by atoms with Crippen molar-refractivity contribution in [1.82, 2.24) is 0 Å². The molecule has 0 bridgehead atoms. The van der Waals surface area contributed by atoms with Crippen molar-refractivity contribution in [3.63, 3.8) is 0 Å². The van der Waals surface area contributed by atoms with Gasteiger partial charge in [-0.05, 0) is 24.2 Å². The Morgan fingerprint density at radius 3 is 2.69 bits per heavy atom. The summed E-state index contributed by atoms with van der Waals surface area (Å²) in [7, 11) is 0. The molecule has 0 spiro atoms. The van der Waals surface area contributed by atoms with Gasteiger partial charge in [-0.25, -0.2) is 0 Å². The van der Waals surface area contributed by atoms with E-state index in [9.17, 15) is 4.79 Å². The summed E-state index contributed by atoms with van der Waals surface area (Å²) in [4.78, 5) is 10.7. The van der Waals surface area contributed by atoms with Crippen LogP contribution in [0, 0.1) is 11.3 Å².